The van der Waals surface area contributed by atoms with Crippen LogP contribution in [0, 0.1) is 0 Å². The summed E-state index contributed by atoms with van der Waals surface area (Å²) in [6.45, 7) is 0. The van der Waals surface area contributed by atoms with E-state index < -0.39 is 6.16 Å². The molecular formula is CH6KNaO3. The minimum atomic E-state index is -1.83. The van der Waals surface area contributed by atoms with Crippen LogP contribution in [-0.2, 0) is 0 Å². The van der Waals surface area contributed by atoms with Gasteiger partial charge in [-0.1, -0.05) is 0 Å². The van der Waals surface area contributed by atoms with Gasteiger partial charge in [0.1, 0.15) is 0 Å². The first-order valence-electron chi connectivity index (χ1n) is 0.651. The maximum atomic E-state index is 8.56. The fraction of sp³-hybridized carbons (Fsp3) is 0. The topological polar surface area (TPSA) is 57.5 Å². The second-order valence-electron chi connectivity index (χ2n) is 0.283. The molecule has 0 saturated heterocycles. The van der Waals surface area contributed by atoms with E-state index in [0.29, 0.717) is 0 Å². The van der Waals surface area contributed by atoms with Crippen molar-refractivity contribution >= 4 is 6.16 Å². The van der Waals surface area contributed by atoms with Gasteiger partial charge in [-0.25, -0.2) is 4.79 Å². The standard InChI is InChI=1S/CH2O3.K.Na.H2.2H/c2-1(3)4;;;;;/h(H2,2,3,4);;;1H;;/q;2*+1;;2*-1. The molecule has 6 heavy (non-hydrogen) atoms. The molecule has 0 spiro atoms. The van der Waals surface area contributed by atoms with Crippen molar-refractivity contribution in [3.8, 4) is 0 Å². The molecule has 0 rings (SSSR count). The van der Waals surface area contributed by atoms with Gasteiger partial charge in [0.2, 0.25) is 0 Å². The number of hydrogen-bond acceptors (Lipinski definition) is 1. The van der Waals surface area contributed by atoms with E-state index >= 15 is 0 Å². The first kappa shape index (κ1) is 15.7. The molecule has 0 fully saturated rings. The molecule has 0 atom stereocenters. The Hall–Kier alpha value is 1.91. The van der Waals surface area contributed by atoms with Crippen LogP contribution >= 0.6 is 0 Å². The van der Waals surface area contributed by atoms with Gasteiger partial charge in [-0.05, 0) is 0 Å². The van der Waals surface area contributed by atoms with Gasteiger partial charge in [0.05, 0.1) is 0 Å². The van der Waals surface area contributed by atoms with Crippen LogP contribution in [0.1, 0.15) is 4.28 Å². The van der Waals surface area contributed by atoms with Crippen LogP contribution < -0.4 is 80.9 Å². The van der Waals surface area contributed by atoms with Gasteiger partial charge in [0.25, 0.3) is 0 Å². The number of hydrogen-bond donors (Lipinski definition) is 2. The fourth-order valence-electron chi connectivity index (χ4n) is 0. The van der Waals surface area contributed by atoms with Gasteiger partial charge in [0.15, 0.2) is 0 Å². The summed E-state index contributed by atoms with van der Waals surface area (Å²) in [5, 5.41) is 13.9. The van der Waals surface area contributed by atoms with Crippen LogP contribution in [0.2, 0.25) is 0 Å². The Bertz CT molecular complexity index is 42.0. The Morgan fingerprint density at radius 2 is 1.67 bits per heavy atom. The average Bonchev–Trinajstić information content (AvgIpc) is 0.811. The number of rotatable bonds is 0. The molecule has 0 aromatic rings. The maximum Gasteiger partial charge on any atom is 1.00 e. The molecule has 0 aliphatic carbocycles. The molecule has 0 amide bonds. The summed E-state index contributed by atoms with van der Waals surface area (Å²) in [4.78, 5) is 8.56. The molecule has 0 saturated carbocycles. The van der Waals surface area contributed by atoms with Crippen molar-refractivity contribution in [3.05, 3.63) is 0 Å². The number of carboxylic acid groups (broad SMARTS) is 2. The summed E-state index contributed by atoms with van der Waals surface area (Å²) in [7, 11) is 0. The summed E-state index contributed by atoms with van der Waals surface area (Å²) < 4.78 is 0. The van der Waals surface area contributed by atoms with E-state index in [0.717, 1.165) is 0 Å². The summed E-state index contributed by atoms with van der Waals surface area (Å²) in [5.41, 5.74) is 0. The van der Waals surface area contributed by atoms with Crippen molar-refractivity contribution in [3.63, 3.8) is 0 Å². The summed E-state index contributed by atoms with van der Waals surface area (Å²) >= 11 is 0. The van der Waals surface area contributed by atoms with Crippen molar-refractivity contribution in [2.45, 2.75) is 0 Å². The molecule has 30 valence electrons. The van der Waals surface area contributed by atoms with E-state index in [1.807, 2.05) is 0 Å². The molecule has 0 aliphatic heterocycles. The van der Waals surface area contributed by atoms with E-state index in [4.69, 9.17) is 15.0 Å². The van der Waals surface area contributed by atoms with Gasteiger partial charge >= 0.3 is 87.1 Å². The zero-order valence-electron chi connectivity index (χ0n) is 5.80. The maximum absolute atomic E-state index is 8.56. The van der Waals surface area contributed by atoms with Crippen molar-refractivity contribution in [2.75, 3.05) is 0 Å². The van der Waals surface area contributed by atoms with E-state index in [2.05, 4.69) is 0 Å². The predicted molar refractivity (Wildman–Crippen MR) is 15.0 cm³/mol. The van der Waals surface area contributed by atoms with Crippen LogP contribution in [-0.4, -0.2) is 16.4 Å². The first-order chi connectivity index (χ1) is 1.73. The van der Waals surface area contributed by atoms with Crippen molar-refractivity contribution < 1.29 is 100 Å². The van der Waals surface area contributed by atoms with Crippen LogP contribution in [0.15, 0.2) is 0 Å². The molecular weight excluding hydrogens is 122 g/mol. The molecule has 3 nitrogen and oxygen atoms in total. The third-order valence-corrected chi connectivity index (χ3v) is 0. The summed E-state index contributed by atoms with van der Waals surface area (Å²) in [6, 6.07) is 0. The Morgan fingerprint density at radius 1 is 1.67 bits per heavy atom. The van der Waals surface area contributed by atoms with E-state index in [1.165, 1.54) is 0 Å². The smallest absolute Gasteiger partial charge is 1.00 e. The Kier molecular flexibility index (Phi) is 26.1. The van der Waals surface area contributed by atoms with Gasteiger partial charge < -0.3 is 13.1 Å². The molecule has 0 aromatic heterocycles. The minimum Gasteiger partial charge on any atom is -1.00 e. The second-order valence-corrected chi connectivity index (χ2v) is 0.283. The third-order valence-electron chi connectivity index (χ3n) is 0. The van der Waals surface area contributed by atoms with Gasteiger partial charge in [-0.15, -0.1) is 0 Å². The van der Waals surface area contributed by atoms with Crippen molar-refractivity contribution in [1.29, 1.82) is 0 Å². The Labute approximate surface area is 104 Å². The predicted octanol–water partition coefficient (Wildman–Crippen LogP) is -5.30. The fourth-order valence-corrected chi connectivity index (χ4v) is 0. The molecule has 0 bridgehead atoms. The molecule has 0 radical (unpaired) electrons. The Morgan fingerprint density at radius 3 is 1.67 bits per heavy atom. The van der Waals surface area contributed by atoms with Gasteiger partial charge in [0, 0.05) is 1.43 Å². The molecule has 5 heteroatoms. The number of carbonyl (C=O) groups is 1. The van der Waals surface area contributed by atoms with E-state index in [1.54, 1.807) is 0 Å². The monoisotopic (exact) mass is 128 g/mol. The first-order valence-corrected chi connectivity index (χ1v) is 0.651. The van der Waals surface area contributed by atoms with Crippen LogP contribution in [0.3, 0.4) is 0 Å². The third kappa shape index (κ3) is 39.1. The van der Waals surface area contributed by atoms with Crippen LogP contribution in [0.25, 0.3) is 0 Å². The molecule has 2 N–H and O–H groups in total. The molecule has 0 unspecified atom stereocenters. The van der Waals surface area contributed by atoms with E-state index in [-0.39, 0.29) is 85.2 Å². The van der Waals surface area contributed by atoms with E-state index in [9.17, 15) is 0 Å². The summed E-state index contributed by atoms with van der Waals surface area (Å²) in [6.07, 6.45) is -1.83. The largest absolute Gasteiger partial charge is 1.00 e. The second kappa shape index (κ2) is 10.0. The zero-order chi connectivity index (χ0) is 3.58. The normalized spacial score (nSPS) is 4.00. The van der Waals surface area contributed by atoms with Crippen molar-refractivity contribution in [1.82, 2.24) is 0 Å². The Balaban J connectivity index is -0.00000000450. The summed E-state index contributed by atoms with van der Waals surface area (Å²) in [5.74, 6) is 0. The van der Waals surface area contributed by atoms with Crippen LogP contribution in [0.4, 0.5) is 4.79 Å². The minimum absolute atomic E-state index is 0. The van der Waals surface area contributed by atoms with Crippen LogP contribution in [0.5, 0.6) is 0 Å². The van der Waals surface area contributed by atoms with Gasteiger partial charge in [-0.3, -0.25) is 0 Å². The molecule has 0 heterocycles. The molecule has 0 aliphatic rings. The zero-order valence-corrected chi connectivity index (χ0v) is 8.93. The van der Waals surface area contributed by atoms with Crippen molar-refractivity contribution in [2.24, 2.45) is 0 Å². The SMILES string of the molecule is O=C(O)O.[H-].[H-].[HH].[K+].[Na+]. The molecule has 0 aromatic carbocycles. The van der Waals surface area contributed by atoms with Gasteiger partial charge in [-0.2, -0.15) is 0 Å². The quantitative estimate of drug-likeness (QED) is 0.320. The average molecular weight is 128 g/mol.